The predicted molar refractivity (Wildman–Crippen MR) is 206 cm³/mol. The van der Waals surface area contributed by atoms with Crippen LogP contribution in [0.1, 0.15) is 50.7 Å². The molecule has 0 unspecified atom stereocenters. The zero-order valence-corrected chi connectivity index (χ0v) is 29.1. The first-order chi connectivity index (χ1) is 22.3. The highest BCUT2D eigenvalue weighted by Crippen LogP contribution is 2.22. The van der Waals surface area contributed by atoms with Crippen molar-refractivity contribution in [1.29, 1.82) is 0 Å². The van der Waals surface area contributed by atoms with Gasteiger partial charge in [0.05, 0.1) is 6.15 Å². The largest absolute Gasteiger partial charge is 0.325 e. The summed E-state index contributed by atoms with van der Waals surface area (Å²) in [6.45, 7) is 4.36. The first-order valence-electron chi connectivity index (χ1n) is 16.1. The molecule has 0 saturated heterocycles. The Kier molecular flexibility index (Phi) is 13.8. The van der Waals surface area contributed by atoms with Gasteiger partial charge in [-0.3, -0.25) is 0 Å². The molecule has 0 amide bonds. The molecule has 0 heterocycles. The van der Waals surface area contributed by atoms with Crippen LogP contribution in [0.4, 0.5) is 5.69 Å². The van der Waals surface area contributed by atoms with Gasteiger partial charge < -0.3 is 5.73 Å². The Labute approximate surface area is 290 Å². The summed E-state index contributed by atoms with van der Waals surface area (Å²) >= 11 is 18.6. The van der Waals surface area contributed by atoms with E-state index in [2.05, 4.69) is 92.4 Å². The topological polar surface area (TPSA) is 27.6 Å². The third-order valence-electron chi connectivity index (χ3n) is 8.68. The molecule has 0 aliphatic rings. The van der Waals surface area contributed by atoms with Crippen LogP contribution in [0.5, 0.6) is 0 Å². The summed E-state index contributed by atoms with van der Waals surface area (Å²) in [6.07, 6.45) is 11.1. The van der Waals surface area contributed by atoms with Gasteiger partial charge in [0.1, 0.15) is 5.69 Å². The lowest BCUT2D eigenvalue weighted by Crippen LogP contribution is -2.66. The standard InChI is InChI=1S/C24H25BCl3.C17H17N/c1-2-3-4-5-18-25(19-6-12-22(26)13-7-19,20-8-14-23(27)15-9-20)21-10-16-24(28)17-11-21;1-14(16-12-5-6-13-17(16)18)8-7-11-15-9-3-2-4-10-15/h6-17H,2-5,18H2,1H3;2-13H,18H2,1H3/q-1;/p+1/b;11-7+,14-8-. The van der Waals surface area contributed by atoms with E-state index in [9.17, 15) is 0 Å². The molecule has 0 bridgehead atoms. The van der Waals surface area contributed by atoms with Gasteiger partial charge in [-0.05, 0) is 66.6 Å². The van der Waals surface area contributed by atoms with E-state index in [-0.39, 0.29) is 0 Å². The number of halogens is 3. The zero-order valence-electron chi connectivity index (χ0n) is 26.8. The van der Waals surface area contributed by atoms with Gasteiger partial charge in [0.25, 0.3) is 0 Å². The second-order valence-electron chi connectivity index (χ2n) is 11.8. The van der Waals surface area contributed by atoms with Gasteiger partial charge in [-0.1, -0.05) is 165 Å². The lowest BCUT2D eigenvalue weighted by Gasteiger charge is -2.43. The molecule has 0 aromatic heterocycles. The molecule has 0 aliphatic carbocycles. The smallest absolute Gasteiger partial charge is 0.135 e. The summed E-state index contributed by atoms with van der Waals surface area (Å²) in [4.78, 5) is 0. The second-order valence-corrected chi connectivity index (χ2v) is 13.1. The molecule has 5 aromatic rings. The minimum absolute atomic E-state index is 0.756. The van der Waals surface area contributed by atoms with Crippen molar-refractivity contribution in [2.75, 3.05) is 0 Å². The summed E-state index contributed by atoms with van der Waals surface area (Å²) in [5.74, 6) is 0. The maximum absolute atomic E-state index is 6.21. The van der Waals surface area contributed by atoms with Gasteiger partial charge in [-0.2, -0.15) is 22.7 Å². The van der Waals surface area contributed by atoms with E-state index in [0.717, 1.165) is 27.1 Å². The highest BCUT2D eigenvalue weighted by atomic mass is 35.5. The first-order valence-corrected chi connectivity index (χ1v) is 17.2. The van der Waals surface area contributed by atoms with Crippen LogP contribution in [-0.2, 0) is 0 Å². The quantitative estimate of drug-likeness (QED) is 0.0826. The van der Waals surface area contributed by atoms with E-state index in [1.165, 1.54) is 58.8 Å². The van der Waals surface area contributed by atoms with Crippen molar-refractivity contribution in [3.05, 3.63) is 166 Å². The molecule has 0 atom stereocenters. The summed E-state index contributed by atoms with van der Waals surface area (Å²) in [7, 11) is 0. The maximum atomic E-state index is 6.21. The van der Waals surface area contributed by atoms with Crippen LogP contribution in [0.25, 0.3) is 11.6 Å². The Morgan fingerprint density at radius 3 is 1.57 bits per heavy atom. The molecule has 5 heteroatoms. The minimum atomic E-state index is -1.15. The van der Waals surface area contributed by atoms with Gasteiger partial charge in [-0.25, -0.2) is 0 Å². The average molecular weight is 667 g/mol. The monoisotopic (exact) mass is 665 g/mol. The van der Waals surface area contributed by atoms with Gasteiger partial charge in [0.2, 0.25) is 0 Å². The van der Waals surface area contributed by atoms with Crippen LogP contribution in [0.2, 0.25) is 21.4 Å². The fourth-order valence-electron chi connectivity index (χ4n) is 6.19. The molecule has 3 N–H and O–H groups in total. The van der Waals surface area contributed by atoms with Gasteiger partial charge >= 0.3 is 0 Å². The van der Waals surface area contributed by atoms with Crippen LogP contribution in [-0.4, -0.2) is 6.15 Å². The molecule has 5 rings (SSSR count). The van der Waals surface area contributed by atoms with Crippen molar-refractivity contribution < 1.29 is 5.73 Å². The number of hydrogen-bond acceptors (Lipinski definition) is 0. The summed E-state index contributed by atoms with van der Waals surface area (Å²) < 4.78 is 0. The minimum Gasteiger partial charge on any atom is -0.325 e. The number of allylic oxidation sites excluding steroid dienone is 3. The number of benzene rings is 5. The lowest BCUT2D eigenvalue weighted by atomic mass is 9.14. The van der Waals surface area contributed by atoms with Crippen molar-refractivity contribution in [1.82, 2.24) is 0 Å². The summed E-state index contributed by atoms with van der Waals surface area (Å²) in [5, 5.41) is 2.27. The molecule has 46 heavy (non-hydrogen) atoms. The van der Waals surface area contributed by atoms with E-state index < -0.39 is 6.15 Å². The van der Waals surface area contributed by atoms with Crippen molar-refractivity contribution in [3.8, 4) is 0 Å². The molecular formula is C41H43BCl3N. The Bertz CT molecular complexity index is 1580. The lowest BCUT2D eigenvalue weighted by molar-refractivity contribution is -0.255. The normalized spacial score (nSPS) is 11.7. The van der Waals surface area contributed by atoms with Gasteiger partial charge in [0.15, 0.2) is 0 Å². The van der Waals surface area contributed by atoms with Gasteiger partial charge in [-0.15, -0.1) is 0 Å². The maximum Gasteiger partial charge on any atom is 0.135 e. The number of unbranched alkanes of at least 4 members (excludes halogenated alkanes) is 3. The fraction of sp³-hybridized carbons (Fsp3) is 0.171. The molecule has 0 spiro atoms. The Hall–Kier alpha value is -3.53. The summed E-state index contributed by atoms with van der Waals surface area (Å²) in [6, 6.07) is 43.5. The molecule has 0 radical (unpaired) electrons. The summed E-state index contributed by atoms with van der Waals surface area (Å²) in [5.41, 5.74) is 12.6. The Balaban J connectivity index is 0.000000230. The first kappa shape index (κ1) is 35.3. The number of rotatable bonds is 11. The molecule has 236 valence electrons. The zero-order chi connectivity index (χ0) is 32.8. The Morgan fingerprint density at radius 1 is 0.609 bits per heavy atom. The van der Waals surface area contributed by atoms with E-state index in [1.54, 1.807) is 0 Å². The third kappa shape index (κ3) is 9.74. The van der Waals surface area contributed by atoms with Crippen molar-refractivity contribution in [3.63, 3.8) is 0 Å². The van der Waals surface area contributed by atoms with E-state index >= 15 is 0 Å². The molecule has 5 aromatic carbocycles. The number of hydrogen-bond donors (Lipinski definition) is 1. The third-order valence-corrected chi connectivity index (χ3v) is 9.44. The molecule has 1 nitrogen and oxygen atoms in total. The predicted octanol–water partition coefficient (Wildman–Crippen LogP) is 10.4. The highest BCUT2D eigenvalue weighted by Gasteiger charge is 2.29. The van der Waals surface area contributed by atoms with E-state index in [4.69, 9.17) is 34.8 Å². The molecule has 0 saturated carbocycles. The number of quaternary nitrogens is 1. The average Bonchev–Trinajstić information content (AvgIpc) is 3.07. The van der Waals surface area contributed by atoms with Crippen LogP contribution in [0.3, 0.4) is 0 Å². The molecule has 0 fully saturated rings. The molecular weight excluding hydrogens is 624 g/mol. The van der Waals surface area contributed by atoms with Crippen LogP contribution >= 0.6 is 34.8 Å². The SMILES string of the molecule is C/C(=C/C=C/c1ccccc1)c1ccccc1[NH3+].CCCCCC[B-](c1ccc(Cl)cc1)(c1ccc(Cl)cc1)c1ccc(Cl)cc1. The van der Waals surface area contributed by atoms with Crippen molar-refractivity contribution >= 4 is 74.7 Å². The van der Waals surface area contributed by atoms with E-state index in [0.29, 0.717) is 0 Å². The van der Waals surface area contributed by atoms with Crippen LogP contribution in [0.15, 0.2) is 140 Å². The second kappa shape index (κ2) is 18.0. The Morgan fingerprint density at radius 2 is 1.09 bits per heavy atom. The fourth-order valence-corrected chi connectivity index (χ4v) is 6.57. The van der Waals surface area contributed by atoms with Crippen molar-refractivity contribution in [2.45, 2.75) is 45.9 Å². The van der Waals surface area contributed by atoms with Gasteiger partial charge in [0, 0.05) is 20.6 Å². The van der Waals surface area contributed by atoms with Crippen LogP contribution < -0.4 is 22.1 Å². The van der Waals surface area contributed by atoms with Crippen LogP contribution in [0, 0.1) is 0 Å². The molecule has 0 aliphatic heterocycles. The van der Waals surface area contributed by atoms with Crippen molar-refractivity contribution in [2.24, 2.45) is 0 Å². The highest BCUT2D eigenvalue weighted by molar-refractivity contribution is 7.11. The van der Waals surface area contributed by atoms with E-state index in [1.807, 2.05) is 72.8 Å².